The average molecular weight is 273 g/mol. The van der Waals surface area contributed by atoms with E-state index in [-0.39, 0.29) is 5.54 Å². The van der Waals surface area contributed by atoms with Crippen LogP contribution in [0.3, 0.4) is 0 Å². The zero-order valence-electron chi connectivity index (χ0n) is 13.3. The molecule has 1 aliphatic rings. The first-order valence-electron chi connectivity index (χ1n) is 7.46. The van der Waals surface area contributed by atoms with Gasteiger partial charge in [0.1, 0.15) is 0 Å². The van der Waals surface area contributed by atoms with Crippen molar-refractivity contribution in [3.8, 4) is 0 Å². The fraction of sp³-hybridized carbons (Fsp3) is 0.588. The Balaban J connectivity index is 2.11. The van der Waals surface area contributed by atoms with E-state index in [1.54, 1.807) is 6.08 Å². The number of rotatable bonds is 4. The molecule has 0 aromatic carbocycles. The Morgan fingerprint density at radius 2 is 2.15 bits per heavy atom. The van der Waals surface area contributed by atoms with E-state index < -0.39 is 0 Å². The number of hydrogen-bond acceptors (Lipinski definition) is 3. The Bertz CT molecular complexity index is 448. The minimum absolute atomic E-state index is 0.229. The lowest BCUT2D eigenvalue weighted by molar-refractivity contribution is 0.104. The molecule has 2 rings (SSSR count). The first kappa shape index (κ1) is 15.0. The van der Waals surface area contributed by atoms with Crippen LogP contribution in [-0.4, -0.2) is 42.6 Å². The summed E-state index contributed by atoms with van der Waals surface area (Å²) in [6, 6.07) is 4.21. The summed E-state index contributed by atoms with van der Waals surface area (Å²) in [4.78, 5) is 9.24. The lowest BCUT2D eigenvalue weighted by Gasteiger charge is -2.45. The Morgan fingerprint density at radius 1 is 1.40 bits per heavy atom. The van der Waals surface area contributed by atoms with Gasteiger partial charge in [0.2, 0.25) is 0 Å². The van der Waals surface area contributed by atoms with Gasteiger partial charge in [-0.25, -0.2) is 0 Å². The molecule has 1 unspecified atom stereocenters. The van der Waals surface area contributed by atoms with Gasteiger partial charge < -0.3 is 9.80 Å². The number of nitrogens with zero attached hydrogens (tertiary/aromatic N) is 3. The van der Waals surface area contributed by atoms with E-state index in [1.807, 2.05) is 12.3 Å². The van der Waals surface area contributed by atoms with E-state index in [2.05, 4.69) is 55.4 Å². The molecule has 0 amide bonds. The molecule has 0 saturated carbocycles. The van der Waals surface area contributed by atoms with Gasteiger partial charge in [-0.1, -0.05) is 6.58 Å². The second-order valence-corrected chi connectivity index (χ2v) is 6.48. The monoisotopic (exact) mass is 273 g/mol. The first-order valence-corrected chi connectivity index (χ1v) is 7.46. The SMILES string of the molecule is C=Cc1ccc(N2CCCC(C(C)(C)N(C)C)C2)cn1. The van der Waals surface area contributed by atoms with Gasteiger partial charge in [0, 0.05) is 18.6 Å². The molecular formula is C17H27N3. The molecule has 20 heavy (non-hydrogen) atoms. The molecule has 0 radical (unpaired) electrons. The Morgan fingerprint density at radius 3 is 2.70 bits per heavy atom. The van der Waals surface area contributed by atoms with Crippen molar-refractivity contribution in [1.29, 1.82) is 0 Å². The van der Waals surface area contributed by atoms with Crippen molar-refractivity contribution in [2.75, 3.05) is 32.1 Å². The van der Waals surface area contributed by atoms with Crippen molar-refractivity contribution in [1.82, 2.24) is 9.88 Å². The van der Waals surface area contributed by atoms with Crippen LogP contribution in [0.15, 0.2) is 24.9 Å². The lowest BCUT2D eigenvalue weighted by atomic mass is 9.80. The van der Waals surface area contributed by atoms with Gasteiger partial charge in [-0.05, 0) is 64.9 Å². The lowest BCUT2D eigenvalue weighted by Crippen LogP contribution is -2.51. The fourth-order valence-electron chi connectivity index (χ4n) is 2.86. The number of anilines is 1. The maximum Gasteiger partial charge on any atom is 0.0625 e. The van der Waals surface area contributed by atoms with Gasteiger partial charge in [0.05, 0.1) is 17.6 Å². The van der Waals surface area contributed by atoms with Crippen LogP contribution in [-0.2, 0) is 0 Å². The molecule has 0 aliphatic carbocycles. The third kappa shape index (κ3) is 3.04. The minimum atomic E-state index is 0.229. The van der Waals surface area contributed by atoms with Crippen LogP contribution in [0.5, 0.6) is 0 Å². The highest BCUT2D eigenvalue weighted by Gasteiger charge is 2.34. The minimum Gasteiger partial charge on any atom is -0.370 e. The average Bonchev–Trinajstić information content (AvgIpc) is 2.47. The molecule has 110 valence electrons. The third-order valence-electron chi connectivity index (χ3n) is 4.92. The molecule has 0 N–H and O–H groups in total. The van der Waals surface area contributed by atoms with E-state index in [0.717, 1.165) is 18.8 Å². The molecule has 0 bridgehead atoms. The van der Waals surface area contributed by atoms with Gasteiger partial charge in [0.25, 0.3) is 0 Å². The van der Waals surface area contributed by atoms with E-state index in [0.29, 0.717) is 5.92 Å². The molecule has 3 nitrogen and oxygen atoms in total. The molecule has 1 aromatic rings. The van der Waals surface area contributed by atoms with Crippen molar-refractivity contribution >= 4 is 11.8 Å². The number of pyridine rings is 1. The normalized spacial score (nSPS) is 20.2. The molecule has 1 saturated heterocycles. The first-order chi connectivity index (χ1) is 9.45. The van der Waals surface area contributed by atoms with Gasteiger partial charge in [0.15, 0.2) is 0 Å². The van der Waals surface area contributed by atoms with Crippen molar-refractivity contribution in [3.63, 3.8) is 0 Å². The summed E-state index contributed by atoms with van der Waals surface area (Å²) in [5.41, 5.74) is 2.40. The highest BCUT2D eigenvalue weighted by Crippen LogP contribution is 2.32. The summed E-state index contributed by atoms with van der Waals surface area (Å²) in [5.74, 6) is 0.685. The van der Waals surface area contributed by atoms with Crippen LogP contribution in [0.1, 0.15) is 32.4 Å². The quantitative estimate of drug-likeness (QED) is 0.839. The highest BCUT2D eigenvalue weighted by molar-refractivity contribution is 5.50. The van der Waals surface area contributed by atoms with E-state index >= 15 is 0 Å². The van der Waals surface area contributed by atoms with Crippen LogP contribution in [0.4, 0.5) is 5.69 Å². The summed E-state index contributed by atoms with van der Waals surface area (Å²) in [7, 11) is 4.36. The summed E-state index contributed by atoms with van der Waals surface area (Å²) in [6.07, 6.45) is 6.32. The van der Waals surface area contributed by atoms with Crippen LogP contribution in [0.25, 0.3) is 6.08 Å². The third-order valence-corrected chi connectivity index (χ3v) is 4.92. The van der Waals surface area contributed by atoms with E-state index in [9.17, 15) is 0 Å². The van der Waals surface area contributed by atoms with Gasteiger partial charge >= 0.3 is 0 Å². The van der Waals surface area contributed by atoms with E-state index in [4.69, 9.17) is 0 Å². The molecule has 1 atom stereocenters. The summed E-state index contributed by atoms with van der Waals surface area (Å²) in [6.45, 7) is 10.7. The number of aromatic nitrogens is 1. The van der Waals surface area contributed by atoms with E-state index in [1.165, 1.54) is 18.5 Å². The molecule has 1 fully saturated rings. The molecule has 2 heterocycles. The second-order valence-electron chi connectivity index (χ2n) is 6.48. The molecular weight excluding hydrogens is 246 g/mol. The van der Waals surface area contributed by atoms with Gasteiger partial charge in [-0.15, -0.1) is 0 Å². The topological polar surface area (TPSA) is 19.4 Å². The van der Waals surface area contributed by atoms with Crippen molar-refractivity contribution in [3.05, 3.63) is 30.6 Å². The predicted octanol–water partition coefficient (Wildman–Crippen LogP) is 3.28. The molecule has 0 spiro atoms. The molecule has 1 aromatic heterocycles. The van der Waals surface area contributed by atoms with Crippen molar-refractivity contribution in [2.24, 2.45) is 5.92 Å². The summed E-state index contributed by atoms with van der Waals surface area (Å²) < 4.78 is 0. The number of piperidine rings is 1. The van der Waals surface area contributed by atoms with Crippen LogP contribution in [0, 0.1) is 5.92 Å². The van der Waals surface area contributed by atoms with Gasteiger partial charge in [-0.2, -0.15) is 0 Å². The second kappa shape index (κ2) is 5.96. The van der Waals surface area contributed by atoms with Gasteiger partial charge in [-0.3, -0.25) is 4.98 Å². The van der Waals surface area contributed by atoms with Crippen LogP contribution >= 0.6 is 0 Å². The Kier molecular flexibility index (Phi) is 4.48. The standard InChI is InChI=1S/C17H27N3/c1-6-15-9-10-16(12-18-15)20-11-7-8-14(13-20)17(2,3)19(4)5/h6,9-10,12,14H,1,7-8,11,13H2,2-5H3. The fourth-order valence-corrected chi connectivity index (χ4v) is 2.86. The molecule has 1 aliphatic heterocycles. The Labute approximate surface area is 123 Å². The zero-order chi connectivity index (χ0) is 14.8. The van der Waals surface area contributed by atoms with Crippen molar-refractivity contribution in [2.45, 2.75) is 32.2 Å². The number of hydrogen-bond donors (Lipinski definition) is 0. The summed E-state index contributed by atoms with van der Waals surface area (Å²) in [5, 5.41) is 0. The van der Waals surface area contributed by atoms with Crippen LogP contribution in [0.2, 0.25) is 0 Å². The largest absolute Gasteiger partial charge is 0.370 e. The highest BCUT2D eigenvalue weighted by atomic mass is 15.2. The smallest absolute Gasteiger partial charge is 0.0625 e. The molecule has 3 heteroatoms. The predicted molar refractivity (Wildman–Crippen MR) is 87.0 cm³/mol. The Hall–Kier alpha value is -1.35. The zero-order valence-corrected chi connectivity index (χ0v) is 13.3. The van der Waals surface area contributed by atoms with Crippen LogP contribution < -0.4 is 4.90 Å². The maximum absolute atomic E-state index is 4.42. The van der Waals surface area contributed by atoms with Crippen molar-refractivity contribution < 1.29 is 0 Å². The maximum atomic E-state index is 4.42. The summed E-state index contributed by atoms with van der Waals surface area (Å²) >= 11 is 0.